The molecule has 0 atom stereocenters. The van der Waals surface area contributed by atoms with Crippen molar-refractivity contribution in [1.82, 2.24) is 5.32 Å². The molecule has 0 aliphatic heterocycles. The smallest absolute Gasteiger partial charge is 0.124 e. The minimum atomic E-state index is -0.662. The third kappa shape index (κ3) is 4.74. The molecule has 0 unspecified atom stereocenters. The second kappa shape index (κ2) is 6.47. The number of rotatable bonds is 6. The van der Waals surface area contributed by atoms with Crippen LogP contribution < -0.4 is 5.32 Å². The van der Waals surface area contributed by atoms with Crippen molar-refractivity contribution in [1.29, 1.82) is 0 Å². The summed E-state index contributed by atoms with van der Waals surface area (Å²) >= 11 is 3.25. The quantitative estimate of drug-likeness (QED) is 0.846. The molecule has 0 aliphatic carbocycles. The van der Waals surface area contributed by atoms with E-state index in [-0.39, 0.29) is 5.82 Å². The molecule has 0 aliphatic rings. The first-order valence-electron chi connectivity index (χ1n) is 5.87. The monoisotopic (exact) mass is 303 g/mol. The van der Waals surface area contributed by atoms with Gasteiger partial charge >= 0.3 is 0 Å². The zero-order chi connectivity index (χ0) is 12.9. The van der Waals surface area contributed by atoms with Gasteiger partial charge in [0.25, 0.3) is 0 Å². The molecule has 1 rings (SSSR count). The second-order valence-electron chi connectivity index (χ2n) is 4.31. The van der Waals surface area contributed by atoms with Crippen LogP contribution in [0.1, 0.15) is 32.3 Å². The first-order valence-corrected chi connectivity index (χ1v) is 6.66. The average molecular weight is 304 g/mol. The molecule has 0 fully saturated rings. The summed E-state index contributed by atoms with van der Waals surface area (Å²) in [5.74, 6) is -0.252. The lowest BCUT2D eigenvalue weighted by Crippen LogP contribution is -2.39. The maximum atomic E-state index is 13.1. The van der Waals surface area contributed by atoms with E-state index in [1.54, 1.807) is 0 Å². The lowest BCUT2D eigenvalue weighted by atomic mass is 9.97. The maximum Gasteiger partial charge on any atom is 0.124 e. The van der Waals surface area contributed by atoms with Gasteiger partial charge in [0.2, 0.25) is 0 Å². The van der Waals surface area contributed by atoms with Crippen LogP contribution in [0.5, 0.6) is 0 Å². The molecule has 1 aromatic carbocycles. The van der Waals surface area contributed by atoms with Gasteiger partial charge in [0.05, 0.1) is 5.60 Å². The summed E-state index contributed by atoms with van der Waals surface area (Å²) in [5, 5.41) is 13.2. The van der Waals surface area contributed by atoms with Crippen molar-refractivity contribution in [2.24, 2.45) is 0 Å². The molecule has 0 aromatic heterocycles. The first kappa shape index (κ1) is 14.6. The number of halogens is 2. The predicted octanol–water partition coefficient (Wildman–Crippen LogP) is 3.23. The number of nitrogens with one attached hydrogen (secondary N) is 1. The van der Waals surface area contributed by atoms with Crippen LogP contribution in [0.2, 0.25) is 0 Å². The van der Waals surface area contributed by atoms with Gasteiger partial charge in [-0.15, -0.1) is 0 Å². The SMILES string of the molecule is CCC(O)(CC)CNCc1cc(F)cc(Br)c1. The lowest BCUT2D eigenvalue weighted by molar-refractivity contribution is 0.0323. The van der Waals surface area contributed by atoms with Gasteiger partial charge < -0.3 is 10.4 Å². The Hall–Kier alpha value is -0.450. The van der Waals surface area contributed by atoms with Gasteiger partial charge in [-0.05, 0) is 36.6 Å². The van der Waals surface area contributed by atoms with Gasteiger partial charge in [-0.3, -0.25) is 0 Å². The van der Waals surface area contributed by atoms with Crippen molar-refractivity contribution in [3.8, 4) is 0 Å². The molecule has 0 heterocycles. The van der Waals surface area contributed by atoms with E-state index < -0.39 is 5.60 Å². The van der Waals surface area contributed by atoms with E-state index >= 15 is 0 Å². The van der Waals surface area contributed by atoms with Gasteiger partial charge in [0.1, 0.15) is 5.82 Å². The Morgan fingerprint density at radius 1 is 1.29 bits per heavy atom. The van der Waals surface area contributed by atoms with Crippen LogP contribution in [0.4, 0.5) is 4.39 Å². The highest BCUT2D eigenvalue weighted by molar-refractivity contribution is 9.10. The Morgan fingerprint density at radius 3 is 2.47 bits per heavy atom. The second-order valence-corrected chi connectivity index (χ2v) is 5.23. The summed E-state index contributed by atoms with van der Waals surface area (Å²) in [7, 11) is 0. The molecule has 2 nitrogen and oxygen atoms in total. The van der Waals surface area contributed by atoms with Gasteiger partial charge in [-0.25, -0.2) is 4.39 Å². The Kier molecular flexibility index (Phi) is 5.56. The molecule has 1 aromatic rings. The first-order chi connectivity index (χ1) is 7.99. The van der Waals surface area contributed by atoms with Gasteiger partial charge in [0.15, 0.2) is 0 Å². The van der Waals surface area contributed by atoms with Gasteiger partial charge in [0, 0.05) is 17.6 Å². The van der Waals surface area contributed by atoms with Crippen LogP contribution in [0.25, 0.3) is 0 Å². The summed E-state index contributed by atoms with van der Waals surface area (Å²) in [6.45, 7) is 5.00. The fraction of sp³-hybridized carbons (Fsp3) is 0.538. The lowest BCUT2D eigenvalue weighted by Gasteiger charge is -2.25. The highest BCUT2D eigenvalue weighted by atomic mass is 79.9. The largest absolute Gasteiger partial charge is 0.389 e. The van der Waals surface area contributed by atoms with Crippen molar-refractivity contribution in [3.63, 3.8) is 0 Å². The molecular weight excluding hydrogens is 285 g/mol. The molecule has 4 heteroatoms. The van der Waals surface area contributed by atoms with Crippen molar-refractivity contribution in [3.05, 3.63) is 34.1 Å². The Balaban J connectivity index is 2.51. The van der Waals surface area contributed by atoms with Crippen LogP contribution >= 0.6 is 15.9 Å². The third-order valence-corrected chi connectivity index (χ3v) is 3.48. The van der Waals surface area contributed by atoms with E-state index in [0.29, 0.717) is 25.9 Å². The molecule has 0 amide bonds. The Morgan fingerprint density at radius 2 is 1.94 bits per heavy atom. The van der Waals surface area contributed by atoms with E-state index in [1.807, 2.05) is 19.9 Å². The number of hydrogen-bond acceptors (Lipinski definition) is 2. The molecule has 0 saturated carbocycles. The summed E-state index contributed by atoms with van der Waals surface area (Å²) in [6, 6.07) is 4.79. The normalized spacial score (nSPS) is 11.8. The third-order valence-electron chi connectivity index (χ3n) is 3.02. The molecule has 0 bridgehead atoms. The fourth-order valence-corrected chi connectivity index (χ4v) is 2.17. The number of hydrogen-bond donors (Lipinski definition) is 2. The van der Waals surface area contributed by atoms with E-state index in [9.17, 15) is 9.50 Å². The minimum absolute atomic E-state index is 0.252. The van der Waals surface area contributed by atoms with Crippen LogP contribution in [-0.2, 0) is 6.54 Å². The van der Waals surface area contributed by atoms with Crippen LogP contribution in [0, 0.1) is 5.82 Å². The van der Waals surface area contributed by atoms with E-state index in [0.717, 1.165) is 10.0 Å². The van der Waals surface area contributed by atoms with Crippen LogP contribution in [-0.4, -0.2) is 17.3 Å². The maximum absolute atomic E-state index is 13.1. The number of benzene rings is 1. The highest BCUT2D eigenvalue weighted by Gasteiger charge is 2.21. The van der Waals surface area contributed by atoms with Crippen LogP contribution in [0.3, 0.4) is 0 Å². The van der Waals surface area contributed by atoms with E-state index in [1.165, 1.54) is 12.1 Å². The Labute approximate surface area is 110 Å². The molecule has 96 valence electrons. The van der Waals surface area contributed by atoms with Crippen LogP contribution in [0.15, 0.2) is 22.7 Å². The standard InChI is InChI=1S/C13H19BrFNO/c1-3-13(17,4-2)9-16-8-10-5-11(14)7-12(15)6-10/h5-7,16-17H,3-4,8-9H2,1-2H3. The zero-order valence-corrected chi connectivity index (χ0v) is 11.8. The van der Waals surface area contributed by atoms with Crippen molar-refractivity contribution in [2.45, 2.75) is 38.8 Å². The highest BCUT2D eigenvalue weighted by Crippen LogP contribution is 2.16. The van der Waals surface area contributed by atoms with E-state index in [4.69, 9.17) is 0 Å². The summed E-state index contributed by atoms with van der Waals surface area (Å²) in [5.41, 5.74) is 0.205. The minimum Gasteiger partial charge on any atom is -0.389 e. The summed E-state index contributed by atoms with van der Waals surface area (Å²) in [4.78, 5) is 0. The molecule has 0 spiro atoms. The number of aliphatic hydroxyl groups is 1. The predicted molar refractivity (Wildman–Crippen MR) is 71.3 cm³/mol. The molecule has 0 saturated heterocycles. The average Bonchev–Trinajstić information content (AvgIpc) is 2.27. The van der Waals surface area contributed by atoms with Gasteiger partial charge in [-0.1, -0.05) is 29.8 Å². The molecule has 0 radical (unpaired) electrons. The molecule has 2 N–H and O–H groups in total. The fourth-order valence-electron chi connectivity index (χ4n) is 1.65. The molecular formula is C13H19BrFNO. The zero-order valence-electron chi connectivity index (χ0n) is 10.3. The van der Waals surface area contributed by atoms with Crippen molar-refractivity contribution < 1.29 is 9.50 Å². The topological polar surface area (TPSA) is 32.3 Å². The summed E-state index contributed by atoms with van der Waals surface area (Å²) in [6.07, 6.45) is 1.42. The van der Waals surface area contributed by atoms with Gasteiger partial charge in [-0.2, -0.15) is 0 Å². The van der Waals surface area contributed by atoms with Crippen molar-refractivity contribution >= 4 is 15.9 Å². The van der Waals surface area contributed by atoms with Crippen molar-refractivity contribution in [2.75, 3.05) is 6.54 Å². The summed E-state index contributed by atoms with van der Waals surface area (Å²) < 4.78 is 13.8. The Bertz CT molecular complexity index is 346. The van der Waals surface area contributed by atoms with E-state index in [2.05, 4.69) is 21.2 Å². The molecule has 17 heavy (non-hydrogen) atoms.